The first-order valence-electron chi connectivity index (χ1n) is 10.2. The van der Waals surface area contributed by atoms with E-state index in [0.29, 0.717) is 5.92 Å². The summed E-state index contributed by atoms with van der Waals surface area (Å²) in [6.07, 6.45) is 2.35. The van der Waals surface area contributed by atoms with Crippen LogP contribution in [0.1, 0.15) is 66.7 Å². The van der Waals surface area contributed by atoms with Crippen molar-refractivity contribution >= 4 is 15.8 Å². The monoisotopic (exact) mass is 482 g/mol. The Morgan fingerprint density at radius 1 is 1.03 bits per heavy atom. The molecule has 1 saturated carbocycles. The number of fused-ring (bicyclic) bond motifs is 2. The van der Waals surface area contributed by atoms with Gasteiger partial charge < -0.3 is 4.74 Å². The van der Waals surface area contributed by atoms with Crippen LogP contribution in [-0.4, -0.2) is 37.4 Å². The Morgan fingerprint density at radius 3 is 1.87 bits per heavy atom. The van der Waals surface area contributed by atoms with Gasteiger partial charge in [0.15, 0.2) is 0 Å². The second-order valence-electron chi connectivity index (χ2n) is 8.00. The van der Waals surface area contributed by atoms with Crippen molar-refractivity contribution in [1.82, 2.24) is 0 Å². The SMILES string of the molecule is CC(CCC(C)S(=O)(=O)C(F)(F)F)OC(=O)C1CC2C=CC1C2.CC(F)(F)F.CCC. The molecule has 2 aliphatic carbocycles. The summed E-state index contributed by atoms with van der Waals surface area (Å²) >= 11 is 0. The summed E-state index contributed by atoms with van der Waals surface area (Å²) in [5.41, 5.74) is -5.25. The Morgan fingerprint density at radius 2 is 1.52 bits per heavy atom. The molecule has 1 fully saturated rings. The number of hydrogen-bond acceptors (Lipinski definition) is 4. The van der Waals surface area contributed by atoms with Crippen molar-refractivity contribution in [3.63, 3.8) is 0 Å². The molecule has 5 unspecified atom stereocenters. The molecule has 2 bridgehead atoms. The number of esters is 1. The Balaban J connectivity index is 0.000000968. The van der Waals surface area contributed by atoms with Gasteiger partial charge in [-0.25, -0.2) is 8.42 Å². The average Bonchev–Trinajstić information content (AvgIpc) is 3.21. The van der Waals surface area contributed by atoms with Crippen LogP contribution in [-0.2, 0) is 19.4 Å². The summed E-state index contributed by atoms with van der Waals surface area (Å²) in [6, 6.07) is 0. The van der Waals surface area contributed by atoms with Crippen LogP contribution < -0.4 is 0 Å². The average molecular weight is 483 g/mol. The third-order valence-electron chi connectivity index (χ3n) is 4.73. The minimum atomic E-state index is -5.25. The van der Waals surface area contributed by atoms with Crippen LogP contribution in [0.25, 0.3) is 0 Å². The zero-order chi connectivity index (χ0) is 24.6. The number of rotatable bonds is 6. The summed E-state index contributed by atoms with van der Waals surface area (Å²) in [7, 11) is -5.17. The zero-order valence-electron chi connectivity index (χ0n) is 18.4. The van der Waals surface area contributed by atoms with E-state index in [1.165, 1.54) is 6.42 Å². The number of hydrogen-bond donors (Lipinski definition) is 0. The van der Waals surface area contributed by atoms with Gasteiger partial charge in [-0.2, -0.15) is 26.3 Å². The van der Waals surface area contributed by atoms with Gasteiger partial charge in [-0.15, -0.1) is 0 Å². The molecule has 2 rings (SSSR count). The minimum absolute atomic E-state index is 0.0822. The standard InChI is InChI=1S/C15H21F3O4S.C3H8.C2H3F3/c1-9(3-4-10(2)23(20,21)15(16,17)18)22-14(19)13-8-11-5-6-12(13)7-11;1-3-2;1-2(3,4)5/h5-6,9-13H,3-4,7-8H2,1-2H3;3H2,1-2H3;1H3. The number of carbonyl (C=O) groups is 1. The molecule has 0 heterocycles. The fourth-order valence-corrected chi connectivity index (χ4v) is 4.15. The lowest BCUT2D eigenvalue weighted by Crippen LogP contribution is -2.33. The predicted octanol–water partition coefficient (Wildman–Crippen LogP) is 6.22. The van der Waals surface area contributed by atoms with E-state index in [-0.39, 0.29) is 37.6 Å². The highest BCUT2D eigenvalue weighted by Crippen LogP contribution is 2.44. The largest absolute Gasteiger partial charge is 0.497 e. The molecule has 2 aliphatic rings. The first-order chi connectivity index (χ1) is 13.9. The van der Waals surface area contributed by atoms with Crippen LogP contribution in [0.5, 0.6) is 0 Å². The molecule has 0 aliphatic heterocycles. The quantitative estimate of drug-likeness (QED) is 0.256. The first-order valence-corrected chi connectivity index (χ1v) is 11.7. The minimum Gasteiger partial charge on any atom is -0.462 e. The van der Waals surface area contributed by atoms with E-state index < -0.39 is 32.9 Å². The molecule has 5 atom stereocenters. The number of alkyl halides is 6. The van der Waals surface area contributed by atoms with Gasteiger partial charge in [0.1, 0.15) is 0 Å². The van der Waals surface area contributed by atoms with Gasteiger partial charge in [0.05, 0.1) is 17.3 Å². The van der Waals surface area contributed by atoms with E-state index in [9.17, 15) is 39.6 Å². The van der Waals surface area contributed by atoms with Crippen molar-refractivity contribution in [3.8, 4) is 0 Å². The van der Waals surface area contributed by atoms with E-state index in [2.05, 4.69) is 19.9 Å². The molecule has 11 heteroatoms. The summed E-state index contributed by atoms with van der Waals surface area (Å²) in [5, 5.41) is -1.55. The number of ether oxygens (including phenoxy) is 1. The zero-order valence-corrected chi connectivity index (χ0v) is 19.2. The van der Waals surface area contributed by atoms with E-state index in [4.69, 9.17) is 4.74 Å². The number of halogens is 6. The van der Waals surface area contributed by atoms with Crippen LogP contribution in [0.2, 0.25) is 0 Å². The molecule has 0 radical (unpaired) electrons. The molecule has 0 aromatic rings. The Labute approximate surface area is 180 Å². The molecule has 0 spiro atoms. The lowest BCUT2D eigenvalue weighted by molar-refractivity contribution is -0.154. The van der Waals surface area contributed by atoms with E-state index in [0.717, 1.165) is 19.8 Å². The number of carbonyl (C=O) groups excluding carboxylic acids is 1. The second kappa shape index (κ2) is 12.1. The Kier molecular flexibility index (Phi) is 11.6. The van der Waals surface area contributed by atoms with Crippen molar-refractivity contribution in [2.75, 3.05) is 0 Å². The molecule has 31 heavy (non-hydrogen) atoms. The second-order valence-corrected chi connectivity index (χ2v) is 10.4. The molecule has 0 aromatic carbocycles. The molecule has 0 saturated heterocycles. The molecular formula is C20H32F6O4S. The van der Waals surface area contributed by atoms with E-state index in [1.54, 1.807) is 6.92 Å². The molecule has 0 aromatic heterocycles. The summed E-state index contributed by atoms with van der Waals surface area (Å²) in [4.78, 5) is 12.1. The maximum absolute atomic E-state index is 12.4. The predicted molar refractivity (Wildman–Crippen MR) is 106 cm³/mol. The fourth-order valence-electron chi connectivity index (χ4n) is 3.25. The van der Waals surface area contributed by atoms with Crippen molar-refractivity contribution in [1.29, 1.82) is 0 Å². The summed E-state index contributed by atoms with van der Waals surface area (Å²) < 4.78 is 96.1. The summed E-state index contributed by atoms with van der Waals surface area (Å²) in [6.45, 7) is 7.04. The molecule has 0 amide bonds. The molecule has 184 valence electrons. The van der Waals surface area contributed by atoms with Crippen LogP contribution >= 0.6 is 0 Å². The van der Waals surface area contributed by atoms with Gasteiger partial charge in [-0.05, 0) is 51.4 Å². The van der Waals surface area contributed by atoms with Gasteiger partial charge in [-0.1, -0.05) is 32.4 Å². The topological polar surface area (TPSA) is 60.4 Å². The van der Waals surface area contributed by atoms with Crippen molar-refractivity contribution in [2.45, 2.75) is 89.8 Å². The van der Waals surface area contributed by atoms with Gasteiger partial charge in [0.25, 0.3) is 0 Å². The first kappa shape index (κ1) is 29.7. The van der Waals surface area contributed by atoms with Gasteiger partial charge in [0.2, 0.25) is 9.84 Å². The van der Waals surface area contributed by atoms with Gasteiger partial charge in [0, 0.05) is 6.92 Å². The number of sulfone groups is 1. The van der Waals surface area contributed by atoms with Crippen LogP contribution in [0.15, 0.2) is 12.2 Å². The van der Waals surface area contributed by atoms with Crippen LogP contribution in [0.3, 0.4) is 0 Å². The fraction of sp³-hybridized carbons (Fsp3) is 0.850. The highest BCUT2D eigenvalue weighted by atomic mass is 32.2. The number of allylic oxidation sites excluding steroid dienone is 2. The van der Waals surface area contributed by atoms with Crippen LogP contribution in [0, 0.1) is 17.8 Å². The lowest BCUT2D eigenvalue weighted by Gasteiger charge is -2.21. The summed E-state index contributed by atoms with van der Waals surface area (Å²) in [5.74, 6) is 0.110. The Hall–Kier alpha value is -1.26. The lowest BCUT2D eigenvalue weighted by atomic mass is 9.94. The van der Waals surface area contributed by atoms with Crippen molar-refractivity contribution < 1.29 is 44.3 Å². The van der Waals surface area contributed by atoms with Crippen molar-refractivity contribution in [2.24, 2.45) is 17.8 Å². The van der Waals surface area contributed by atoms with Gasteiger partial charge >= 0.3 is 17.7 Å². The normalized spacial score (nSPS) is 24.4. The third-order valence-corrected chi connectivity index (χ3v) is 6.67. The highest BCUT2D eigenvalue weighted by molar-refractivity contribution is 7.92. The van der Waals surface area contributed by atoms with Crippen LogP contribution in [0.4, 0.5) is 26.3 Å². The van der Waals surface area contributed by atoms with E-state index in [1.807, 2.05) is 6.08 Å². The molecule has 0 N–H and O–H groups in total. The van der Waals surface area contributed by atoms with E-state index >= 15 is 0 Å². The molecule has 4 nitrogen and oxygen atoms in total. The van der Waals surface area contributed by atoms with Crippen molar-refractivity contribution in [3.05, 3.63) is 12.2 Å². The molecular weight excluding hydrogens is 450 g/mol. The smallest absolute Gasteiger partial charge is 0.462 e. The van der Waals surface area contributed by atoms with Gasteiger partial charge in [-0.3, -0.25) is 4.79 Å². The Bertz CT molecular complexity index is 679. The third kappa shape index (κ3) is 10.7. The maximum Gasteiger partial charge on any atom is 0.497 e. The highest BCUT2D eigenvalue weighted by Gasteiger charge is 2.48. The maximum atomic E-state index is 12.4.